The van der Waals surface area contributed by atoms with E-state index in [0.717, 1.165) is 19.4 Å². The van der Waals surface area contributed by atoms with E-state index in [4.69, 9.17) is 10.5 Å². The first-order valence-corrected chi connectivity index (χ1v) is 9.92. The number of rotatable bonds is 8. The Bertz CT molecular complexity index is 737. The molecule has 1 saturated carbocycles. The van der Waals surface area contributed by atoms with Crippen LogP contribution in [0, 0.1) is 16.0 Å². The molecule has 3 rings (SSSR count). The molecule has 1 aromatic carbocycles. The van der Waals surface area contributed by atoms with Crippen LogP contribution in [0.4, 0.5) is 5.69 Å². The average Bonchev–Trinajstić information content (AvgIpc) is 2.70. The maximum absolute atomic E-state index is 12.1. The standard InChI is InChI=1S/C20H27N3O5/c21-20(25)19(22-10-3-5-14-4-1-2-6-17(14)22)9-11-28-16-7-8-18(23(26)27)15(12-16)13-24/h7-8,12-14,17,19H,1-6,9-11H2,(H2,21,25). The fraction of sp³-hybridized carbons (Fsp3) is 0.600. The fourth-order valence-corrected chi connectivity index (χ4v) is 4.69. The van der Waals surface area contributed by atoms with Gasteiger partial charge < -0.3 is 10.5 Å². The largest absolute Gasteiger partial charge is 0.493 e. The lowest BCUT2D eigenvalue weighted by Gasteiger charge is -2.46. The lowest BCUT2D eigenvalue weighted by Crippen LogP contribution is -2.56. The van der Waals surface area contributed by atoms with E-state index in [9.17, 15) is 19.7 Å². The minimum Gasteiger partial charge on any atom is -0.493 e. The number of benzene rings is 1. The molecule has 0 aromatic heterocycles. The van der Waals surface area contributed by atoms with Crippen LogP contribution in [0.2, 0.25) is 0 Å². The lowest BCUT2D eigenvalue weighted by atomic mass is 9.77. The number of hydrogen-bond acceptors (Lipinski definition) is 6. The predicted octanol–water partition coefficient (Wildman–Crippen LogP) is 2.68. The van der Waals surface area contributed by atoms with Gasteiger partial charge in [0.15, 0.2) is 6.29 Å². The summed E-state index contributed by atoms with van der Waals surface area (Å²) in [4.78, 5) is 35.8. The molecule has 8 heteroatoms. The second kappa shape index (κ2) is 9.14. The molecule has 1 heterocycles. The van der Waals surface area contributed by atoms with Crippen molar-refractivity contribution >= 4 is 17.9 Å². The Kier molecular flexibility index (Phi) is 6.61. The van der Waals surface area contributed by atoms with Gasteiger partial charge in [0.25, 0.3) is 5.69 Å². The van der Waals surface area contributed by atoms with Gasteiger partial charge in [0.1, 0.15) is 5.75 Å². The highest BCUT2D eigenvalue weighted by atomic mass is 16.6. The van der Waals surface area contributed by atoms with E-state index >= 15 is 0 Å². The smallest absolute Gasteiger partial charge is 0.280 e. The molecule has 2 fully saturated rings. The summed E-state index contributed by atoms with van der Waals surface area (Å²) in [5, 5.41) is 10.9. The van der Waals surface area contributed by atoms with Crippen molar-refractivity contribution in [3.05, 3.63) is 33.9 Å². The predicted molar refractivity (Wildman–Crippen MR) is 103 cm³/mol. The van der Waals surface area contributed by atoms with E-state index in [1.807, 2.05) is 0 Å². The summed E-state index contributed by atoms with van der Waals surface area (Å²) in [5.74, 6) is 0.673. The van der Waals surface area contributed by atoms with Gasteiger partial charge in [-0.3, -0.25) is 24.6 Å². The number of amides is 1. The van der Waals surface area contributed by atoms with Gasteiger partial charge in [-0.15, -0.1) is 0 Å². The van der Waals surface area contributed by atoms with Crippen molar-refractivity contribution in [1.29, 1.82) is 0 Å². The van der Waals surface area contributed by atoms with Crippen LogP contribution in [-0.2, 0) is 4.79 Å². The van der Waals surface area contributed by atoms with Crippen molar-refractivity contribution in [3.8, 4) is 5.75 Å². The van der Waals surface area contributed by atoms with Crippen LogP contribution in [0.5, 0.6) is 5.75 Å². The highest BCUT2D eigenvalue weighted by molar-refractivity contribution is 5.82. The summed E-state index contributed by atoms with van der Waals surface area (Å²) >= 11 is 0. The number of nitro groups is 1. The third-order valence-electron chi connectivity index (χ3n) is 6.00. The summed E-state index contributed by atoms with van der Waals surface area (Å²) in [5.41, 5.74) is 5.42. The third kappa shape index (κ3) is 4.49. The molecular weight excluding hydrogens is 362 g/mol. The topological polar surface area (TPSA) is 116 Å². The van der Waals surface area contributed by atoms with Gasteiger partial charge in [-0.2, -0.15) is 0 Å². The van der Waals surface area contributed by atoms with E-state index in [-0.39, 0.29) is 29.8 Å². The van der Waals surface area contributed by atoms with Crippen LogP contribution >= 0.6 is 0 Å². The van der Waals surface area contributed by atoms with Gasteiger partial charge in [0.2, 0.25) is 5.91 Å². The monoisotopic (exact) mass is 389 g/mol. The summed E-state index contributed by atoms with van der Waals surface area (Å²) in [6.45, 7) is 1.12. The number of nitrogens with zero attached hydrogens (tertiary/aromatic N) is 2. The number of primary amides is 1. The zero-order valence-corrected chi connectivity index (χ0v) is 15.9. The number of hydrogen-bond donors (Lipinski definition) is 1. The number of piperidine rings is 1. The van der Waals surface area contributed by atoms with Crippen LogP contribution in [0.25, 0.3) is 0 Å². The summed E-state index contributed by atoms with van der Waals surface area (Å²) in [6, 6.07) is 4.10. The number of carbonyl (C=O) groups excluding carboxylic acids is 2. The van der Waals surface area contributed by atoms with E-state index in [1.165, 1.54) is 43.9 Å². The molecule has 0 bridgehead atoms. The Balaban J connectivity index is 1.63. The Hall–Kier alpha value is -2.48. The molecule has 1 amide bonds. The Morgan fingerprint density at radius 1 is 1.32 bits per heavy atom. The van der Waals surface area contributed by atoms with Crippen LogP contribution in [-0.4, -0.2) is 47.3 Å². The average molecular weight is 389 g/mol. The van der Waals surface area contributed by atoms with Gasteiger partial charge in [-0.25, -0.2) is 0 Å². The molecule has 152 valence electrons. The first-order valence-electron chi connectivity index (χ1n) is 9.92. The highest BCUT2D eigenvalue weighted by Crippen LogP contribution is 2.36. The maximum atomic E-state index is 12.1. The molecule has 0 spiro atoms. The molecule has 28 heavy (non-hydrogen) atoms. The first-order chi connectivity index (χ1) is 13.5. The molecule has 2 N–H and O–H groups in total. The van der Waals surface area contributed by atoms with Gasteiger partial charge in [0.05, 0.1) is 23.1 Å². The summed E-state index contributed by atoms with van der Waals surface area (Å²) < 4.78 is 5.67. The maximum Gasteiger partial charge on any atom is 0.280 e. The van der Waals surface area contributed by atoms with Crippen LogP contribution in [0.15, 0.2) is 18.2 Å². The molecule has 3 unspecified atom stereocenters. The molecule has 3 atom stereocenters. The number of nitro benzene ring substituents is 1. The van der Waals surface area contributed by atoms with Crippen LogP contribution in [0.1, 0.15) is 55.3 Å². The minimum atomic E-state index is -0.604. The Morgan fingerprint density at radius 2 is 2.07 bits per heavy atom. The Morgan fingerprint density at radius 3 is 2.79 bits per heavy atom. The zero-order chi connectivity index (χ0) is 20.1. The number of fused-ring (bicyclic) bond motifs is 1. The number of nitrogens with two attached hydrogens (primary N) is 1. The van der Waals surface area contributed by atoms with Gasteiger partial charge in [-0.1, -0.05) is 12.8 Å². The molecule has 8 nitrogen and oxygen atoms in total. The molecule has 1 aromatic rings. The Labute approximate surface area is 164 Å². The van der Waals surface area contributed by atoms with Crippen molar-refractivity contribution in [2.75, 3.05) is 13.2 Å². The van der Waals surface area contributed by atoms with Crippen molar-refractivity contribution in [2.45, 2.75) is 57.0 Å². The zero-order valence-electron chi connectivity index (χ0n) is 15.9. The molecule has 1 aliphatic heterocycles. The van der Waals surface area contributed by atoms with Gasteiger partial charge >= 0.3 is 0 Å². The molecular formula is C20H27N3O5. The summed E-state index contributed by atoms with van der Waals surface area (Å²) in [6.07, 6.45) is 7.98. The second-order valence-corrected chi connectivity index (χ2v) is 7.64. The first kappa shape index (κ1) is 20.3. The lowest BCUT2D eigenvalue weighted by molar-refractivity contribution is -0.385. The van der Waals surface area contributed by atoms with Crippen molar-refractivity contribution in [1.82, 2.24) is 4.90 Å². The quantitative estimate of drug-likeness (QED) is 0.415. The van der Waals surface area contributed by atoms with E-state index in [1.54, 1.807) is 0 Å². The number of likely N-dealkylation sites (tertiary alicyclic amines) is 1. The third-order valence-corrected chi connectivity index (χ3v) is 6.00. The van der Waals surface area contributed by atoms with E-state index in [2.05, 4.69) is 4.90 Å². The second-order valence-electron chi connectivity index (χ2n) is 7.64. The number of ether oxygens (including phenoxy) is 1. The fourth-order valence-electron chi connectivity index (χ4n) is 4.69. The minimum absolute atomic E-state index is 0.0324. The number of aldehydes is 1. The molecule has 2 aliphatic rings. The highest BCUT2D eigenvalue weighted by Gasteiger charge is 2.38. The summed E-state index contributed by atoms with van der Waals surface area (Å²) in [7, 11) is 0. The van der Waals surface area contributed by atoms with Crippen molar-refractivity contribution in [3.63, 3.8) is 0 Å². The van der Waals surface area contributed by atoms with Crippen LogP contribution < -0.4 is 10.5 Å². The van der Waals surface area contributed by atoms with Gasteiger partial charge in [-0.05, 0) is 50.3 Å². The molecule has 1 saturated heterocycles. The van der Waals surface area contributed by atoms with E-state index in [0.29, 0.717) is 30.4 Å². The molecule has 1 aliphatic carbocycles. The van der Waals surface area contributed by atoms with Crippen molar-refractivity contribution in [2.24, 2.45) is 11.7 Å². The van der Waals surface area contributed by atoms with Gasteiger partial charge in [0, 0.05) is 18.5 Å². The van der Waals surface area contributed by atoms with E-state index < -0.39 is 4.92 Å². The SMILES string of the molecule is NC(=O)C(CCOc1ccc([N+](=O)[O-])c(C=O)c1)N1CCCC2CCCCC21. The number of carbonyl (C=O) groups is 2. The normalized spacial score (nSPS) is 23.4. The van der Waals surface area contributed by atoms with Crippen LogP contribution in [0.3, 0.4) is 0 Å². The van der Waals surface area contributed by atoms with Crippen molar-refractivity contribution < 1.29 is 19.2 Å². The molecule has 0 radical (unpaired) electrons.